The maximum Gasteiger partial charge on any atom is 0.342 e. The molecule has 0 radical (unpaired) electrons. The molecule has 0 aromatic rings. The van der Waals surface area contributed by atoms with Crippen LogP contribution in [0, 0.1) is 17.8 Å². The van der Waals surface area contributed by atoms with Gasteiger partial charge in [-0.25, -0.2) is 4.79 Å². The van der Waals surface area contributed by atoms with Crippen LogP contribution in [0.2, 0.25) is 0 Å². The third-order valence-corrected chi connectivity index (χ3v) is 5.88. The largest absolute Gasteiger partial charge is 0.464 e. The molecular formula is C24H40O5. The normalized spacial score (nSPS) is 21.4. The van der Waals surface area contributed by atoms with Crippen LogP contribution in [0.4, 0.5) is 0 Å². The highest BCUT2D eigenvalue weighted by Gasteiger charge is 2.32. The van der Waals surface area contributed by atoms with Crippen LogP contribution in [0.5, 0.6) is 0 Å². The molecule has 0 saturated heterocycles. The number of allylic oxidation sites excluding steroid dienone is 2. The maximum atomic E-state index is 12.2. The number of aliphatic hydroxyl groups excluding tert-OH is 1. The number of unbranched alkanes of at least 4 members (excludes halogenated alkanes) is 3. The van der Waals surface area contributed by atoms with E-state index in [2.05, 4.69) is 30.7 Å². The molecule has 5 nitrogen and oxygen atoms in total. The topological polar surface area (TPSA) is 80.7 Å². The molecule has 1 N–H and O–H groups in total. The fourth-order valence-electron chi connectivity index (χ4n) is 4.03. The van der Waals surface area contributed by atoms with Crippen LogP contribution in [-0.4, -0.2) is 35.4 Å². The van der Waals surface area contributed by atoms with Crippen molar-refractivity contribution in [1.82, 2.24) is 0 Å². The molecule has 0 aromatic heterocycles. The molecule has 0 amide bonds. The van der Waals surface area contributed by atoms with E-state index in [1.54, 1.807) is 6.92 Å². The second-order valence-electron chi connectivity index (χ2n) is 8.41. The van der Waals surface area contributed by atoms with E-state index in [4.69, 9.17) is 0 Å². The standard InChI is InChI=1S/C24H40O5/c1-4-6-11-18(3)12-10-13-19-16-17-21(25)20(19)14-8-7-9-15-22(26)23(27)24(28)29-5-2/h10,13,18-20,23,27H,4-9,11-12,14-17H2,1-3H3/t18-,19+,20-,23?/m1/s1. The average molecular weight is 409 g/mol. The van der Waals surface area contributed by atoms with Gasteiger partial charge in [0, 0.05) is 18.8 Å². The van der Waals surface area contributed by atoms with Gasteiger partial charge in [-0.2, -0.15) is 0 Å². The van der Waals surface area contributed by atoms with Crippen LogP contribution in [-0.2, 0) is 19.1 Å². The van der Waals surface area contributed by atoms with Gasteiger partial charge in [-0.05, 0) is 44.4 Å². The molecule has 5 heteroatoms. The first kappa shape index (κ1) is 25.5. The minimum absolute atomic E-state index is 0.109. The number of carbonyl (C=O) groups is 3. The number of carbonyl (C=O) groups excluding carboxylic acids is 3. The molecule has 1 unspecified atom stereocenters. The van der Waals surface area contributed by atoms with Gasteiger partial charge in [0.25, 0.3) is 0 Å². The number of ether oxygens (including phenoxy) is 1. The van der Waals surface area contributed by atoms with Crippen LogP contribution in [0.3, 0.4) is 0 Å². The number of ketones is 2. The number of aliphatic hydroxyl groups is 1. The monoisotopic (exact) mass is 408 g/mol. The number of Topliss-reactive ketones (excluding diaryl/α,β-unsaturated/α-hetero) is 2. The van der Waals surface area contributed by atoms with Crippen molar-refractivity contribution in [2.45, 2.75) is 97.5 Å². The number of hydrogen-bond donors (Lipinski definition) is 1. The summed E-state index contributed by atoms with van der Waals surface area (Å²) in [5.41, 5.74) is 0. The van der Waals surface area contributed by atoms with E-state index in [-0.39, 0.29) is 18.9 Å². The Morgan fingerprint density at radius 3 is 2.66 bits per heavy atom. The number of hydrogen-bond acceptors (Lipinski definition) is 5. The van der Waals surface area contributed by atoms with Crippen LogP contribution in [0.15, 0.2) is 12.2 Å². The zero-order chi connectivity index (χ0) is 21.6. The summed E-state index contributed by atoms with van der Waals surface area (Å²) in [6.45, 7) is 6.29. The average Bonchev–Trinajstić information content (AvgIpc) is 3.05. The first-order valence-electron chi connectivity index (χ1n) is 11.5. The highest BCUT2D eigenvalue weighted by molar-refractivity contribution is 6.01. The zero-order valence-corrected chi connectivity index (χ0v) is 18.5. The molecule has 1 aliphatic rings. The Kier molecular flexibility index (Phi) is 12.8. The van der Waals surface area contributed by atoms with Gasteiger partial charge < -0.3 is 9.84 Å². The lowest BCUT2D eigenvalue weighted by atomic mass is 9.89. The van der Waals surface area contributed by atoms with Gasteiger partial charge in [-0.3, -0.25) is 9.59 Å². The molecule has 1 saturated carbocycles. The Morgan fingerprint density at radius 1 is 1.21 bits per heavy atom. The lowest BCUT2D eigenvalue weighted by molar-refractivity contribution is -0.157. The van der Waals surface area contributed by atoms with Crippen molar-refractivity contribution < 1.29 is 24.2 Å². The summed E-state index contributed by atoms with van der Waals surface area (Å²) in [6, 6.07) is 0. The van der Waals surface area contributed by atoms with E-state index in [0.29, 0.717) is 30.5 Å². The van der Waals surface area contributed by atoms with Gasteiger partial charge in [0.2, 0.25) is 6.10 Å². The summed E-state index contributed by atoms with van der Waals surface area (Å²) in [5.74, 6) is 0.175. The lowest BCUT2D eigenvalue weighted by Gasteiger charge is -2.15. The van der Waals surface area contributed by atoms with Gasteiger partial charge in [0.05, 0.1) is 6.61 Å². The first-order chi connectivity index (χ1) is 13.9. The number of esters is 1. The Balaban J connectivity index is 2.30. The molecule has 0 aromatic carbocycles. The summed E-state index contributed by atoms with van der Waals surface area (Å²) < 4.78 is 4.66. The summed E-state index contributed by atoms with van der Waals surface area (Å²) in [7, 11) is 0. The molecule has 1 aliphatic carbocycles. The third kappa shape index (κ3) is 9.70. The van der Waals surface area contributed by atoms with E-state index in [0.717, 1.165) is 32.1 Å². The van der Waals surface area contributed by atoms with Gasteiger partial charge in [-0.1, -0.05) is 58.1 Å². The summed E-state index contributed by atoms with van der Waals surface area (Å²) in [4.78, 5) is 35.4. The maximum absolute atomic E-state index is 12.2. The van der Waals surface area contributed by atoms with E-state index in [1.165, 1.54) is 19.3 Å². The van der Waals surface area contributed by atoms with Crippen molar-refractivity contribution in [1.29, 1.82) is 0 Å². The van der Waals surface area contributed by atoms with Crippen molar-refractivity contribution in [3.05, 3.63) is 12.2 Å². The highest BCUT2D eigenvalue weighted by atomic mass is 16.5. The molecule has 29 heavy (non-hydrogen) atoms. The molecule has 0 heterocycles. The molecule has 1 fully saturated rings. The third-order valence-electron chi connectivity index (χ3n) is 5.88. The fourth-order valence-corrected chi connectivity index (χ4v) is 4.03. The molecule has 4 atom stereocenters. The minimum Gasteiger partial charge on any atom is -0.464 e. The zero-order valence-electron chi connectivity index (χ0n) is 18.5. The van der Waals surface area contributed by atoms with Crippen LogP contribution < -0.4 is 0 Å². The molecule has 166 valence electrons. The Bertz CT molecular complexity index is 539. The summed E-state index contributed by atoms with van der Waals surface area (Å²) in [6.07, 6.45) is 12.7. The number of rotatable bonds is 15. The second-order valence-corrected chi connectivity index (χ2v) is 8.41. The van der Waals surface area contributed by atoms with Crippen molar-refractivity contribution in [2.24, 2.45) is 17.8 Å². The molecular weight excluding hydrogens is 368 g/mol. The SMILES string of the molecule is CCCC[C@@H](C)CC=C[C@H]1CCC(=O)[C@@H]1CCCCCC(=O)C(O)C(=O)OCC. The van der Waals surface area contributed by atoms with Crippen LogP contribution in [0.25, 0.3) is 0 Å². The van der Waals surface area contributed by atoms with E-state index >= 15 is 0 Å². The minimum atomic E-state index is -1.67. The molecule has 0 aliphatic heterocycles. The summed E-state index contributed by atoms with van der Waals surface area (Å²) in [5, 5.41) is 9.61. The van der Waals surface area contributed by atoms with Crippen molar-refractivity contribution in [3.63, 3.8) is 0 Å². The second kappa shape index (κ2) is 14.5. The van der Waals surface area contributed by atoms with E-state index in [9.17, 15) is 19.5 Å². The predicted octanol–water partition coefficient (Wildman–Crippen LogP) is 4.80. The van der Waals surface area contributed by atoms with Crippen molar-refractivity contribution in [2.75, 3.05) is 6.61 Å². The van der Waals surface area contributed by atoms with Gasteiger partial charge in [-0.15, -0.1) is 0 Å². The Labute approximate surface area is 176 Å². The molecule has 0 bridgehead atoms. The highest BCUT2D eigenvalue weighted by Crippen LogP contribution is 2.34. The van der Waals surface area contributed by atoms with Crippen molar-refractivity contribution >= 4 is 17.5 Å². The van der Waals surface area contributed by atoms with E-state index in [1.807, 2.05) is 0 Å². The first-order valence-corrected chi connectivity index (χ1v) is 11.5. The van der Waals surface area contributed by atoms with Gasteiger partial charge in [0.15, 0.2) is 5.78 Å². The van der Waals surface area contributed by atoms with Crippen molar-refractivity contribution in [3.8, 4) is 0 Å². The Morgan fingerprint density at radius 2 is 1.97 bits per heavy atom. The fraction of sp³-hybridized carbons (Fsp3) is 0.792. The predicted molar refractivity (Wildman–Crippen MR) is 114 cm³/mol. The molecule has 1 rings (SSSR count). The van der Waals surface area contributed by atoms with Crippen LogP contribution >= 0.6 is 0 Å². The smallest absolute Gasteiger partial charge is 0.342 e. The van der Waals surface area contributed by atoms with Gasteiger partial charge >= 0.3 is 5.97 Å². The van der Waals surface area contributed by atoms with Crippen LogP contribution in [0.1, 0.15) is 91.4 Å². The lowest BCUT2D eigenvalue weighted by Crippen LogP contribution is -2.31. The van der Waals surface area contributed by atoms with E-state index < -0.39 is 17.9 Å². The molecule has 0 spiro atoms. The Hall–Kier alpha value is -1.49. The van der Waals surface area contributed by atoms with Gasteiger partial charge in [0.1, 0.15) is 5.78 Å². The quantitative estimate of drug-likeness (QED) is 0.182. The summed E-state index contributed by atoms with van der Waals surface area (Å²) >= 11 is 0.